The Labute approximate surface area is 202 Å². The van der Waals surface area contributed by atoms with Gasteiger partial charge in [0.1, 0.15) is 0 Å². The van der Waals surface area contributed by atoms with Crippen molar-refractivity contribution in [2.45, 2.75) is 30.2 Å². The van der Waals surface area contributed by atoms with Crippen molar-refractivity contribution in [3.8, 4) is 0 Å². The van der Waals surface area contributed by atoms with Crippen LogP contribution in [-0.4, -0.2) is 13.3 Å². The fourth-order valence-electron chi connectivity index (χ4n) is 4.78. The zero-order chi connectivity index (χ0) is 24.0. The van der Waals surface area contributed by atoms with Gasteiger partial charge in [-0.25, -0.2) is 8.42 Å². The molecule has 0 spiro atoms. The zero-order valence-electron chi connectivity index (χ0n) is 18.2. The molecule has 1 aliphatic carbocycles. The van der Waals surface area contributed by atoms with Gasteiger partial charge in [-0.15, -0.1) is 0 Å². The Morgan fingerprint density at radius 3 is 2.59 bits per heavy atom. The van der Waals surface area contributed by atoms with Gasteiger partial charge in [0.15, 0.2) is 0 Å². The van der Waals surface area contributed by atoms with Gasteiger partial charge >= 0.3 is 0 Å². The van der Waals surface area contributed by atoms with Crippen LogP contribution in [0.5, 0.6) is 0 Å². The second kappa shape index (κ2) is 8.45. The predicted molar refractivity (Wildman–Crippen MR) is 133 cm³/mol. The number of benzene rings is 3. The third kappa shape index (κ3) is 4.03. The SMILES string of the molecule is Cc1ccc(Cl)cc1NS(=O)(=O)c1ccc2c(c1)[C@H]1C=CC[C@H]1[C@@H](c1ccc([N+](=O)[O-])cc1)N2. The number of non-ortho nitro benzene ring substituents is 1. The lowest BCUT2D eigenvalue weighted by Gasteiger charge is -2.37. The lowest BCUT2D eigenvalue weighted by Crippen LogP contribution is -2.29. The molecule has 0 unspecified atom stereocenters. The minimum absolute atomic E-state index is 0.0389. The molecule has 174 valence electrons. The van der Waals surface area contributed by atoms with Crippen LogP contribution in [0.2, 0.25) is 5.02 Å². The Morgan fingerprint density at radius 1 is 1.09 bits per heavy atom. The van der Waals surface area contributed by atoms with E-state index in [1.165, 1.54) is 12.1 Å². The van der Waals surface area contributed by atoms with Gasteiger partial charge in [-0.3, -0.25) is 14.8 Å². The topological polar surface area (TPSA) is 101 Å². The number of nitro groups is 1. The maximum atomic E-state index is 13.2. The first kappa shape index (κ1) is 22.4. The van der Waals surface area contributed by atoms with Gasteiger partial charge in [0, 0.05) is 28.8 Å². The van der Waals surface area contributed by atoms with E-state index < -0.39 is 14.9 Å². The maximum absolute atomic E-state index is 13.2. The van der Waals surface area contributed by atoms with E-state index in [1.807, 2.05) is 6.92 Å². The molecule has 0 amide bonds. The van der Waals surface area contributed by atoms with Gasteiger partial charge in [-0.2, -0.15) is 0 Å². The molecule has 3 atom stereocenters. The summed E-state index contributed by atoms with van der Waals surface area (Å²) in [4.78, 5) is 10.8. The normalized spacial score (nSPS) is 20.8. The van der Waals surface area contributed by atoms with Crippen LogP contribution in [0.4, 0.5) is 17.1 Å². The summed E-state index contributed by atoms with van der Waals surface area (Å²) in [6.45, 7) is 1.82. The highest BCUT2D eigenvalue weighted by Crippen LogP contribution is 2.50. The van der Waals surface area contributed by atoms with E-state index in [-0.39, 0.29) is 28.5 Å². The second-order valence-electron chi connectivity index (χ2n) is 8.64. The molecular weight excluding hydrogens is 474 g/mol. The van der Waals surface area contributed by atoms with Gasteiger partial charge in [-0.1, -0.05) is 42.0 Å². The van der Waals surface area contributed by atoms with E-state index in [4.69, 9.17) is 11.6 Å². The Morgan fingerprint density at radius 2 is 1.85 bits per heavy atom. The number of hydrogen-bond donors (Lipinski definition) is 2. The number of aryl methyl sites for hydroxylation is 1. The molecule has 1 aliphatic heterocycles. The summed E-state index contributed by atoms with van der Waals surface area (Å²) >= 11 is 6.05. The van der Waals surface area contributed by atoms with Crippen LogP contribution in [0.15, 0.2) is 77.7 Å². The predicted octanol–water partition coefficient (Wildman–Crippen LogP) is 6.18. The number of nitrogens with zero attached hydrogens (tertiary/aromatic N) is 1. The largest absolute Gasteiger partial charge is 0.378 e. The average Bonchev–Trinajstić information content (AvgIpc) is 3.31. The van der Waals surface area contributed by atoms with Crippen molar-refractivity contribution in [3.05, 3.63) is 105 Å². The van der Waals surface area contributed by atoms with Crippen molar-refractivity contribution in [2.75, 3.05) is 10.0 Å². The number of nitrogens with one attached hydrogen (secondary N) is 2. The van der Waals surface area contributed by atoms with Crippen LogP contribution in [0.3, 0.4) is 0 Å². The average molecular weight is 496 g/mol. The van der Waals surface area contributed by atoms with Gasteiger partial charge in [-0.05, 0) is 66.3 Å². The van der Waals surface area contributed by atoms with E-state index in [1.54, 1.807) is 48.5 Å². The summed E-state index contributed by atoms with van der Waals surface area (Å²) < 4.78 is 29.0. The monoisotopic (exact) mass is 495 g/mol. The molecule has 7 nitrogen and oxygen atoms in total. The van der Waals surface area contributed by atoms with E-state index in [2.05, 4.69) is 22.2 Å². The molecule has 34 heavy (non-hydrogen) atoms. The number of hydrogen-bond acceptors (Lipinski definition) is 5. The summed E-state index contributed by atoms with van der Waals surface area (Å²) in [7, 11) is -3.82. The molecule has 9 heteroatoms. The Balaban J connectivity index is 1.47. The Hall–Kier alpha value is -3.36. The van der Waals surface area contributed by atoms with Crippen molar-refractivity contribution in [2.24, 2.45) is 5.92 Å². The molecule has 1 heterocycles. The quantitative estimate of drug-likeness (QED) is 0.250. The first-order chi connectivity index (χ1) is 16.2. The first-order valence-corrected chi connectivity index (χ1v) is 12.7. The molecule has 0 fully saturated rings. The van der Waals surface area contributed by atoms with E-state index in [0.717, 1.165) is 28.8 Å². The van der Waals surface area contributed by atoms with Crippen LogP contribution >= 0.6 is 11.6 Å². The van der Waals surface area contributed by atoms with E-state index in [0.29, 0.717) is 10.7 Å². The van der Waals surface area contributed by atoms with Crippen LogP contribution < -0.4 is 10.0 Å². The molecule has 0 bridgehead atoms. The van der Waals surface area contributed by atoms with Crippen molar-refractivity contribution < 1.29 is 13.3 Å². The number of allylic oxidation sites excluding steroid dienone is 2. The summed E-state index contributed by atoms with van der Waals surface area (Å²) in [6.07, 6.45) is 5.06. The highest BCUT2D eigenvalue weighted by Gasteiger charge is 2.38. The van der Waals surface area contributed by atoms with Crippen LogP contribution in [0.25, 0.3) is 0 Å². The fourth-order valence-corrected chi connectivity index (χ4v) is 6.11. The molecule has 2 N–H and O–H groups in total. The van der Waals surface area contributed by atoms with Crippen molar-refractivity contribution >= 4 is 38.7 Å². The minimum Gasteiger partial charge on any atom is -0.378 e. The van der Waals surface area contributed by atoms with Gasteiger partial charge < -0.3 is 5.32 Å². The van der Waals surface area contributed by atoms with Crippen molar-refractivity contribution in [3.63, 3.8) is 0 Å². The number of nitro benzene ring substituents is 1. The highest BCUT2D eigenvalue weighted by atomic mass is 35.5. The van der Waals surface area contributed by atoms with Gasteiger partial charge in [0.05, 0.1) is 21.5 Å². The molecule has 0 aromatic heterocycles. The zero-order valence-corrected chi connectivity index (χ0v) is 19.8. The lowest BCUT2D eigenvalue weighted by atomic mass is 9.77. The third-order valence-electron chi connectivity index (χ3n) is 6.55. The van der Waals surface area contributed by atoms with Crippen LogP contribution in [0.1, 0.15) is 35.1 Å². The Bertz CT molecular complexity index is 1420. The number of halogens is 1. The van der Waals surface area contributed by atoms with E-state index in [9.17, 15) is 18.5 Å². The summed E-state index contributed by atoms with van der Waals surface area (Å²) in [5.41, 5.74) is 4.01. The fraction of sp³-hybridized carbons (Fsp3) is 0.200. The van der Waals surface area contributed by atoms with Gasteiger partial charge in [0.2, 0.25) is 0 Å². The molecule has 0 radical (unpaired) electrons. The van der Waals surface area contributed by atoms with Crippen LogP contribution in [0, 0.1) is 23.0 Å². The smallest absolute Gasteiger partial charge is 0.269 e. The number of anilines is 2. The minimum atomic E-state index is -3.82. The molecule has 2 aliphatic rings. The summed E-state index contributed by atoms with van der Waals surface area (Å²) in [6, 6.07) is 16.7. The third-order valence-corrected chi connectivity index (χ3v) is 8.15. The van der Waals surface area contributed by atoms with Crippen molar-refractivity contribution in [1.82, 2.24) is 0 Å². The molecule has 3 aromatic rings. The Kier molecular flexibility index (Phi) is 5.58. The summed E-state index contributed by atoms with van der Waals surface area (Å²) in [5.74, 6) is 0.217. The highest BCUT2D eigenvalue weighted by molar-refractivity contribution is 7.92. The van der Waals surface area contributed by atoms with E-state index >= 15 is 0 Å². The van der Waals surface area contributed by atoms with Crippen LogP contribution in [-0.2, 0) is 10.0 Å². The first-order valence-electron chi connectivity index (χ1n) is 10.8. The lowest BCUT2D eigenvalue weighted by molar-refractivity contribution is -0.384. The number of rotatable bonds is 5. The summed E-state index contributed by atoms with van der Waals surface area (Å²) in [5, 5.41) is 15.0. The molecule has 0 saturated heterocycles. The molecule has 0 saturated carbocycles. The molecule has 3 aromatic carbocycles. The standard InChI is InChI=1S/C25H22ClN3O4S/c1-15-5-8-17(26)13-24(15)28-34(32,33)19-11-12-23-22(14-19)20-3-2-4-21(20)25(27-23)16-6-9-18(10-7-16)29(30)31/h2-3,5-14,20-21,25,27-28H,4H2,1H3/t20-,21+,25+/m0/s1. The molecular formula is C25H22ClN3O4S. The molecule has 5 rings (SSSR count). The number of sulfonamides is 1. The number of fused-ring (bicyclic) bond motifs is 3. The maximum Gasteiger partial charge on any atom is 0.269 e. The van der Waals surface area contributed by atoms with Gasteiger partial charge in [0.25, 0.3) is 15.7 Å². The van der Waals surface area contributed by atoms with Crippen molar-refractivity contribution in [1.29, 1.82) is 0 Å². The second-order valence-corrected chi connectivity index (χ2v) is 10.8.